The third kappa shape index (κ3) is 2.81. The van der Waals surface area contributed by atoms with Gasteiger partial charge in [-0.15, -0.1) is 0 Å². The summed E-state index contributed by atoms with van der Waals surface area (Å²) in [7, 11) is 0. The van der Waals surface area contributed by atoms with Gasteiger partial charge < -0.3 is 10.1 Å². The average Bonchev–Trinajstić information content (AvgIpc) is 2.98. The van der Waals surface area contributed by atoms with Crippen LogP contribution in [0.4, 0.5) is 9.18 Å². The van der Waals surface area contributed by atoms with Gasteiger partial charge in [-0.25, -0.2) is 9.18 Å². The number of pyridine rings is 1. The van der Waals surface area contributed by atoms with E-state index in [0.717, 1.165) is 16.7 Å². The van der Waals surface area contributed by atoms with Gasteiger partial charge in [0.15, 0.2) is 5.60 Å². The summed E-state index contributed by atoms with van der Waals surface area (Å²) in [4.78, 5) is 16.3. The van der Waals surface area contributed by atoms with Gasteiger partial charge in [-0.3, -0.25) is 4.98 Å². The van der Waals surface area contributed by atoms with Crippen LogP contribution in [-0.2, 0) is 10.3 Å². The normalized spacial score (nSPS) is 21.9. The van der Waals surface area contributed by atoms with Crippen LogP contribution < -0.4 is 5.32 Å². The molecule has 1 N–H and O–H groups in total. The molecule has 5 heteroatoms. The summed E-state index contributed by atoms with van der Waals surface area (Å²) in [6.07, 6.45) is 2.94. The van der Waals surface area contributed by atoms with E-state index in [-0.39, 0.29) is 5.82 Å². The zero-order chi connectivity index (χ0) is 18.1. The number of carbonyl (C=O) groups is 1. The van der Waals surface area contributed by atoms with Crippen LogP contribution >= 0.6 is 0 Å². The molecule has 2 heterocycles. The molecule has 0 spiro atoms. The Morgan fingerprint density at radius 3 is 2.62 bits per heavy atom. The van der Waals surface area contributed by atoms with E-state index in [2.05, 4.69) is 10.3 Å². The van der Waals surface area contributed by atoms with Crippen LogP contribution in [0.15, 0.2) is 73.1 Å². The zero-order valence-electron chi connectivity index (χ0n) is 14.1. The van der Waals surface area contributed by atoms with Crippen molar-refractivity contribution in [3.63, 3.8) is 0 Å². The number of amides is 1. The minimum atomic E-state index is -1.03. The lowest BCUT2D eigenvalue weighted by molar-refractivity contribution is 0.0491. The molecule has 0 bridgehead atoms. The first-order chi connectivity index (χ1) is 12.6. The maximum absolute atomic E-state index is 13.7. The zero-order valence-corrected chi connectivity index (χ0v) is 14.1. The van der Waals surface area contributed by atoms with E-state index in [1.807, 2.05) is 36.4 Å². The average molecular weight is 348 g/mol. The first-order valence-corrected chi connectivity index (χ1v) is 8.32. The van der Waals surface area contributed by atoms with Crippen molar-refractivity contribution in [2.45, 2.75) is 18.6 Å². The van der Waals surface area contributed by atoms with Gasteiger partial charge in [0.25, 0.3) is 0 Å². The molecule has 1 aliphatic rings. The highest BCUT2D eigenvalue weighted by Gasteiger charge is 2.47. The van der Waals surface area contributed by atoms with Gasteiger partial charge in [-0.2, -0.15) is 0 Å². The van der Waals surface area contributed by atoms with Crippen molar-refractivity contribution in [3.05, 3.63) is 90.0 Å². The lowest BCUT2D eigenvalue weighted by Gasteiger charge is -2.29. The number of hydrogen-bond acceptors (Lipinski definition) is 3. The molecule has 0 radical (unpaired) electrons. The molecule has 0 saturated carbocycles. The maximum atomic E-state index is 13.7. The largest absolute Gasteiger partial charge is 0.436 e. The Morgan fingerprint density at radius 1 is 1.04 bits per heavy atom. The molecular formula is C21H17FN2O2. The Bertz CT molecular complexity index is 961. The fourth-order valence-electron chi connectivity index (χ4n) is 3.36. The van der Waals surface area contributed by atoms with Crippen LogP contribution in [0.5, 0.6) is 0 Å². The monoisotopic (exact) mass is 348 g/mol. The summed E-state index contributed by atoms with van der Waals surface area (Å²) >= 11 is 0. The number of ether oxygens (including phenoxy) is 1. The van der Waals surface area contributed by atoms with Gasteiger partial charge in [0, 0.05) is 23.5 Å². The Hall–Kier alpha value is -3.21. The minimum absolute atomic E-state index is 0.374. The number of nitrogens with zero attached hydrogens (tertiary/aromatic N) is 1. The van der Waals surface area contributed by atoms with Gasteiger partial charge >= 0.3 is 6.09 Å². The molecule has 1 aromatic heterocycles. The van der Waals surface area contributed by atoms with Crippen molar-refractivity contribution in [2.75, 3.05) is 0 Å². The predicted octanol–water partition coefficient (Wildman–Crippen LogP) is 4.58. The highest BCUT2D eigenvalue weighted by Crippen LogP contribution is 2.43. The van der Waals surface area contributed by atoms with Gasteiger partial charge in [0.05, 0.1) is 0 Å². The summed E-state index contributed by atoms with van der Waals surface area (Å²) < 4.78 is 19.3. The summed E-state index contributed by atoms with van der Waals surface area (Å²) in [6, 6.07) is 17.5. The molecule has 2 aromatic carbocycles. The first-order valence-electron chi connectivity index (χ1n) is 8.32. The smallest absolute Gasteiger partial charge is 0.408 e. The number of rotatable bonds is 3. The number of hydrogen-bond donors (Lipinski definition) is 1. The Kier molecular flexibility index (Phi) is 3.92. The molecule has 2 atom stereocenters. The van der Waals surface area contributed by atoms with Gasteiger partial charge in [-0.05, 0) is 36.2 Å². The molecule has 130 valence electrons. The van der Waals surface area contributed by atoms with Crippen LogP contribution in [0.2, 0.25) is 0 Å². The summed E-state index contributed by atoms with van der Waals surface area (Å²) in [5, 5.41) is 2.83. The Labute approximate surface area is 150 Å². The van der Waals surface area contributed by atoms with Gasteiger partial charge in [0.2, 0.25) is 0 Å². The predicted molar refractivity (Wildman–Crippen MR) is 95.8 cm³/mol. The molecular weight excluding hydrogens is 331 g/mol. The Morgan fingerprint density at radius 2 is 1.85 bits per heavy atom. The highest BCUT2D eigenvalue weighted by molar-refractivity contribution is 5.72. The fraction of sp³-hybridized carbons (Fsp3) is 0.143. The molecule has 3 aromatic rings. The third-order valence-corrected chi connectivity index (χ3v) is 4.72. The van der Waals surface area contributed by atoms with Gasteiger partial charge in [-0.1, -0.05) is 42.5 Å². The number of alkyl carbamates (subject to hydrolysis) is 1. The first kappa shape index (κ1) is 16.3. The minimum Gasteiger partial charge on any atom is -0.436 e. The van der Waals surface area contributed by atoms with Crippen molar-refractivity contribution in [2.24, 2.45) is 0 Å². The second-order valence-corrected chi connectivity index (χ2v) is 6.46. The van der Waals surface area contributed by atoms with Crippen LogP contribution in [0.3, 0.4) is 0 Å². The number of benzene rings is 2. The van der Waals surface area contributed by atoms with E-state index in [1.54, 1.807) is 31.5 Å². The van der Waals surface area contributed by atoms with Crippen LogP contribution in [0.25, 0.3) is 11.1 Å². The van der Waals surface area contributed by atoms with Crippen molar-refractivity contribution < 1.29 is 13.9 Å². The lowest BCUT2D eigenvalue weighted by Crippen LogP contribution is -2.31. The SMILES string of the molecule is C[C@]1(c2cccc(F)c2)OC(=O)N[C@H]1c1cncc(-c2ccccc2)c1. The standard InChI is InChI=1S/C21H17FN2O2/c1-21(17-8-5-9-18(22)11-17)19(24-20(25)26-21)16-10-15(12-23-13-16)14-6-3-2-4-7-14/h2-13,19H,1H3,(H,24,25)/t19-,21+/m0/s1. The van der Waals surface area contributed by atoms with Crippen LogP contribution in [-0.4, -0.2) is 11.1 Å². The van der Waals surface area contributed by atoms with E-state index in [4.69, 9.17) is 4.74 Å². The van der Waals surface area contributed by atoms with E-state index in [1.165, 1.54) is 12.1 Å². The fourth-order valence-corrected chi connectivity index (χ4v) is 3.36. The molecule has 1 aliphatic heterocycles. The summed E-state index contributed by atoms with van der Waals surface area (Å²) in [6.45, 7) is 1.78. The molecule has 1 fully saturated rings. The van der Waals surface area contributed by atoms with E-state index >= 15 is 0 Å². The number of nitrogens with one attached hydrogen (secondary N) is 1. The second-order valence-electron chi connectivity index (χ2n) is 6.46. The Balaban J connectivity index is 1.77. The molecule has 1 amide bonds. The molecule has 4 rings (SSSR count). The van der Waals surface area contributed by atoms with Crippen LogP contribution in [0, 0.1) is 5.82 Å². The van der Waals surface area contributed by atoms with E-state index in [9.17, 15) is 9.18 Å². The molecule has 26 heavy (non-hydrogen) atoms. The van der Waals surface area contributed by atoms with Crippen molar-refractivity contribution in [1.29, 1.82) is 0 Å². The lowest BCUT2D eigenvalue weighted by atomic mass is 9.84. The quantitative estimate of drug-likeness (QED) is 0.753. The van der Waals surface area contributed by atoms with Gasteiger partial charge in [0.1, 0.15) is 11.9 Å². The molecule has 0 aliphatic carbocycles. The number of aromatic nitrogens is 1. The topological polar surface area (TPSA) is 51.2 Å². The van der Waals surface area contributed by atoms with Crippen LogP contribution in [0.1, 0.15) is 24.1 Å². The highest BCUT2D eigenvalue weighted by atomic mass is 19.1. The number of carbonyl (C=O) groups excluding carboxylic acids is 1. The molecule has 0 unspecified atom stereocenters. The second kappa shape index (κ2) is 6.26. The van der Waals surface area contributed by atoms with E-state index in [0.29, 0.717) is 5.56 Å². The van der Waals surface area contributed by atoms with Crippen molar-refractivity contribution >= 4 is 6.09 Å². The summed E-state index contributed by atoms with van der Waals surface area (Å²) in [5.41, 5.74) is 2.32. The number of cyclic esters (lactones) is 1. The molecule has 4 nitrogen and oxygen atoms in total. The maximum Gasteiger partial charge on any atom is 0.408 e. The van der Waals surface area contributed by atoms with E-state index < -0.39 is 17.7 Å². The summed E-state index contributed by atoms with van der Waals surface area (Å²) in [5.74, 6) is -0.374. The van der Waals surface area contributed by atoms with Crippen molar-refractivity contribution in [1.82, 2.24) is 10.3 Å². The number of halogens is 1. The van der Waals surface area contributed by atoms with Crippen molar-refractivity contribution in [3.8, 4) is 11.1 Å². The third-order valence-electron chi connectivity index (χ3n) is 4.72. The molecule has 1 saturated heterocycles.